The molecule has 0 aliphatic carbocycles. The first-order valence-electron chi connectivity index (χ1n) is 8.32. The minimum atomic E-state index is -4.42. The summed E-state index contributed by atoms with van der Waals surface area (Å²) in [7, 11) is 0. The van der Waals surface area contributed by atoms with Crippen molar-refractivity contribution in [1.82, 2.24) is 15.2 Å². The van der Waals surface area contributed by atoms with E-state index in [4.69, 9.17) is 0 Å². The Kier molecular flexibility index (Phi) is 4.57. The second-order valence-corrected chi connectivity index (χ2v) is 6.18. The molecule has 0 radical (unpaired) electrons. The van der Waals surface area contributed by atoms with Crippen LogP contribution in [-0.2, 0) is 6.18 Å². The number of benzene rings is 2. The molecule has 0 saturated carbocycles. The lowest BCUT2D eigenvalue weighted by molar-refractivity contribution is -0.137. The Bertz CT molecular complexity index is 1190. The summed E-state index contributed by atoms with van der Waals surface area (Å²) >= 11 is 0. The van der Waals surface area contributed by atoms with Crippen LogP contribution in [0.2, 0.25) is 0 Å². The van der Waals surface area contributed by atoms with Crippen LogP contribution in [0.4, 0.5) is 33.5 Å². The third-order valence-corrected chi connectivity index (χ3v) is 4.22. The van der Waals surface area contributed by atoms with Crippen LogP contribution in [0.3, 0.4) is 0 Å². The normalized spacial score (nSPS) is 11.6. The third kappa shape index (κ3) is 3.84. The van der Waals surface area contributed by atoms with Gasteiger partial charge in [-0.2, -0.15) is 18.3 Å². The van der Waals surface area contributed by atoms with Crippen LogP contribution in [0.5, 0.6) is 0 Å². The van der Waals surface area contributed by atoms with E-state index in [-0.39, 0.29) is 5.69 Å². The summed E-state index contributed by atoms with van der Waals surface area (Å²) in [5.41, 5.74) is 0.0477. The zero-order valence-electron chi connectivity index (χ0n) is 14.5. The first kappa shape index (κ1) is 18.7. The number of hydrogen-bond acceptors (Lipinski definition) is 4. The molecule has 2 aromatic heterocycles. The molecule has 146 valence electrons. The van der Waals surface area contributed by atoms with Gasteiger partial charge in [-0.15, -0.1) is 5.10 Å². The van der Waals surface area contributed by atoms with Gasteiger partial charge >= 0.3 is 6.18 Å². The number of rotatable bonds is 3. The van der Waals surface area contributed by atoms with Gasteiger partial charge in [0.05, 0.1) is 18.0 Å². The second-order valence-electron chi connectivity index (χ2n) is 6.18. The van der Waals surface area contributed by atoms with Gasteiger partial charge in [0.15, 0.2) is 11.6 Å². The minimum Gasteiger partial charge on any atom is -0.338 e. The van der Waals surface area contributed by atoms with Gasteiger partial charge in [-0.05, 0) is 36.4 Å². The number of alkyl halides is 3. The van der Waals surface area contributed by atoms with Crippen LogP contribution in [0.15, 0.2) is 60.9 Å². The van der Waals surface area contributed by atoms with Crippen LogP contribution in [0, 0.1) is 11.6 Å². The van der Waals surface area contributed by atoms with Gasteiger partial charge in [0.1, 0.15) is 11.5 Å². The quantitative estimate of drug-likeness (QED) is 0.445. The van der Waals surface area contributed by atoms with E-state index < -0.39 is 23.4 Å². The highest BCUT2D eigenvalue weighted by Gasteiger charge is 2.29. The Morgan fingerprint density at radius 2 is 1.62 bits per heavy atom. The fourth-order valence-corrected chi connectivity index (χ4v) is 2.83. The van der Waals surface area contributed by atoms with Crippen molar-refractivity contribution in [2.24, 2.45) is 0 Å². The van der Waals surface area contributed by atoms with Crippen molar-refractivity contribution in [3.63, 3.8) is 0 Å². The fourth-order valence-electron chi connectivity index (χ4n) is 2.83. The molecule has 2 aromatic carbocycles. The highest BCUT2D eigenvalue weighted by Crippen LogP contribution is 2.32. The van der Waals surface area contributed by atoms with Crippen molar-refractivity contribution in [1.29, 1.82) is 0 Å². The first-order valence-corrected chi connectivity index (χ1v) is 8.32. The number of nitrogens with one attached hydrogen (secondary N) is 1. The zero-order valence-corrected chi connectivity index (χ0v) is 14.5. The molecule has 2 heterocycles. The van der Waals surface area contributed by atoms with Gasteiger partial charge in [0.2, 0.25) is 0 Å². The summed E-state index contributed by atoms with van der Waals surface area (Å²) in [5, 5.41) is 12.0. The van der Waals surface area contributed by atoms with Gasteiger partial charge in [-0.3, -0.25) is 4.98 Å². The van der Waals surface area contributed by atoms with Crippen molar-refractivity contribution < 1.29 is 22.0 Å². The molecule has 0 atom stereocenters. The molecule has 0 bridgehead atoms. The molecule has 1 N–H and O–H groups in total. The summed E-state index contributed by atoms with van der Waals surface area (Å²) in [4.78, 5) is 3.78. The molecule has 4 rings (SSSR count). The standard InChI is InChI=1S/C20H11F5N4/c21-14-8-17(22)18(26-10-14)11-1-6-16-12(7-11)9-27-29-19(16)28-15-4-2-13(3-5-15)20(23,24)25/h1-10H,(H,28,29). The molecule has 9 heteroatoms. The van der Waals surface area contributed by atoms with Crippen LogP contribution in [-0.4, -0.2) is 15.2 Å². The molecule has 0 amide bonds. The lowest BCUT2D eigenvalue weighted by Gasteiger charge is -2.11. The number of halogens is 5. The lowest BCUT2D eigenvalue weighted by atomic mass is 10.1. The minimum absolute atomic E-state index is 0.0117. The Morgan fingerprint density at radius 1 is 0.862 bits per heavy atom. The summed E-state index contributed by atoms with van der Waals surface area (Å²) in [5.74, 6) is -1.25. The molecule has 0 aliphatic heterocycles. The average Bonchev–Trinajstić information content (AvgIpc) is 2.67. The van der Waals surface area contributed by atoms with E-state index in [2.05, 4.69) is 20.5 Å². The third-order valence-electron chi connectivity index (χ3n) is 4.22. The molecular weight excluding hydrogens is 391 g/mol. The maximum Gasteiger partial charge on any atom is 0.416 e. The Hall–Kier alpha value is -3.62. The van der Waals surface area contributed by atoms with E-state index in [0.717, 1.165) is 24.4 Å². The van der Waals surface area contributed by atoms with Crippen molar-refractivity contribution in [2.75, 3.05) is 5.32 Å². The van der Waals surface area contributed by atoms with Gasteiger partial charge in [-0.25, -0.2) is 8.78 Å². The fraction of sp³-hybridized carbons (Fsp3) is 0.0500. The summed E-state index contributed by atoms with van der Waals surface area (Å²) < 4.78 is 65.1. The average molecular weight is 402 g/mol. The Morgan fingerprint density at radius 3 is 2.31 bits per heavy atom. The zero-order chi connectivity index (χ0) is 20.6. The summed E-state index contributed by atoms with van der Waals surface area (Å²) in [6.07, 6.45) is -2.04. The number of hydrogen-bond donors (Lipinski definition) is 1. The van der Waals surface area contributed by atoms with Gasteiger partial charge in [-0.1, -0.05) is 6.07 Å². The molecule has 4 aromatic rings. The van der Waals surface area contributed by atoms with E-state index in [1.54, 1.807) is 18.2 Å². The predicted octanol–water partition coefficient (Wildman–Crippen LogP) is 5.73. The second kappa shape index (κ2) is 7.08. The maximum absolute atomic E-state index is 14.0. The maximum atomic E-state index is 14.0. The van der Waals surface area contributed by atoms with E-state index >= 15 is 0 Å². The molecule has 0 saturated heterocycles. The molecule has 4 nitrogen and oxygen atoms in total. The van der Waals surface area contributed by atoms with Gasteiger partial charge in [0, 0.05) is 28.1 Å². The number of nitrogens with zero attached hydrogens (tertiary/aromatic N) is 3. The van der Waals surface area contributed by atoms with Gasteiger partial charge < -0.3 is 5.32 Å². The Labute approximate surface area is 161 Å². The smallest absolute Gasteiger partial charge is 0.338 e. The van der Waals surface area contributed by atoms with Crippen LogP contribution < -0.4 is 5.32 Å². The Balaban J connectivity index is 1.68. The largest absolute Gasteiger partial charge is 0.416 e. The van der Waals surface area contributed by atoms with E-state index in [1.807, 2.05) is 0 Å². The highest BCUT2D eigenvalue weighted by molar-refractivity contribution is 5.95. The number of pyridine rings is 1. The lowest BCUT2D eigenvalue weighted by Crippen LogP contribution is -2.04. The predicted molar refractivity (Wildman–Crippen MR) is 97.4 cm³/mol. The molecule has 0 spiro atoms. The van der Waals surface area contributed by atoms with E-state index in [0.29, 0.717) is 27.8 Å². The number of anilines is 2. The van der Waals surface area contributed by atoms with Crippen LogP contribution in [0.25, 0.3) is 22.0 Å². The summed E-state index contributed by atoms with van der Waals surface area (Å²) in [6, 6.07) is 10.1. The molecular formula is C20H11F5N4. The van der Waals surface area contributed by atoms with Crippen molar-refractivity contribution in [3.05, 3.63) is 78.1 Å². The van der Waals surface area contributed by atoms with E-state index in [9.17, 15) is 22.0 Å². The van der Waals surface area contributed by atoms with Crippen molar-refractivity contribution >= 4 is 22.3 Å². The van der Waals surface area contributed by atoms with Crippen molar-refractivity contribution in [3.8, 4) is 11.3 Å². The molecule has 0 fully saturated rings. The number of fused-ring (bicyclic) bond motifs is 1. The topological polar surface area (TPSA) is 50.7 Å². The number of aromatic nitrogens is 3. The highest BCUT2D eigenvalue weighted by atomic mass is 19.4. The van der Waals surface area contributed by atoms with Gasteiger partial charge in [0.25, 0.3) is 0 Å². The van der Waals surface area contributed by atoms with Crippen LogP contribution >= 0.6 is 0 Å². The molecule has 29 heavy (non-hydrogen) atoms. The van der Waals surface area contributed by atoms with Crippen LogP contribution in [0.1, 0.15) is 5.56 Å². The van der Waals surface area contributed by atoms with Crippen molar-refractivity contribution in [2.45, 2.75) is 6.18 Å². The summed E-state index contributed by atoms with van der Waals surface area (Å²) in [6.45, 7) is 0. The molecule has 0 unspecified atom stereocenters. The molecule has 0 aliphatic rings. The van der Waals surface area contributed by atoms with E-state index in [1.165, 1.54) is 18.3 Å². The monoisotopic (exact) mass is 402 g/mol. The SMILES string of the molecule is Fc1cnc(-c2ccc3c(Nc4ccc(C(F)(F)F)cc4)nncc3c2)c(F)c1. The first-order chi connectivity index (χ1) is 13.8.